The lowest BCUT2D eigenvalue weighted by Gasteiger charge is -2.43. The Morgan fingerprint density at radius 2 is 1.24 bits per heavy atom. The number of carboxylic acids is 1. The summed E-state index contributed by atoms with van der Waals surface area (Å²) in [5.41, 5.74) is 0. The minimum Gasteiger partial charge on any atom is -0.544 e. The molecular formula is C18H37NO2. The number of rotatable bonds is 14. The predicted octanol–water partition coefficient (Wildman–Crippen LogP) is 3.51. The molecule has 0 fully saturated rings. The molecule has 0 aliphatic heterocycles. The molecule has 0 bridgehead atoms. The maximum Gasteiger partial charge on any atom is 0.129 e. The van der Waals surface area contributed by atoms with Crippen LogP contribution in [0, 0.1) is 0 Å². The van der Waals surface area contributed by atoms with Gasteiger partial charge in [0.05, 0.1) is 25.6 Å². The summed E-state index contributed by atoms with van der Waals surface area (Å²) in [6.45, 7) is 11.2. The molecule has 1 atom stereocenters. The van der Waals surface area contributed by atoms with E-state index < -0.39 is 5.97 Å². The van der Waals surface area contributed by atoms with E-state index in [2.05, 4.69) is 27.7 Å². The quantitative estimate of drug-likeness (QED) is 0.364. The largest absolute Gasteiger partial charge is 0.544 e. The molecule has 0 amide bonds. The van der Waals surface area contributed by atoms with Gasteiger partial charge in [-0.3, -0.25) is 0 Å². The van der Waals surface area contributed by atoms with Crippen LogP contribution in [0.25, 0.3) is 0 Å². The summed E-state index contributed by atoms with van der Waals surface area (Å²) in [6.07, 6.45) is 10.8. The van der Waals surface area contributed by atoms with Crippen LogP contribution in [0.3, 0.4) is 0 Å². The van der Waals surface area contributed by atoms with Crippen LogP contribution in [-0.2, 0) is 4.79 Å². The van der Waals surface area contributed by atoms with Crippen molar-refractivity contribution in [2.45, 2.75) is 91.5 Å². The average molecular weight is 299 g/mol. The van der Waals surface area contributed by atoms with E-state index in [1.54, 1.807) is 0 Å². The summed E-state index contributed by atoms with van der Waals surface area (Å²) in [5.74, 6) is -0.858. The Morgan fingerprint density at radius 1 is 0.810 bits per heavy atom. The number of nitrogens with zero attached hydrogens (tertiary/aromatic N) is 1. The molecule has 3 nitrogen and oxygen atoms in total. The minimum absolute atomic E-state index is 0.329. The number of aliphatic carboxylic acids is 1. The van der Waals surface area contributed by atoms with E-state index in [4.69, 9.17) is 0 Å². The predicted molar refractivity (Wildman–Crippen MR) is 87.9 cm³/mol. The van der Waals surface area contributed by atoms with E-state index in [1.807, 2.05) is 0 Å². The van der Waals surface area contributed by atoms with Crippen molar-refractivity contribution in [1.82, 2.24) is 0 Å². The molecule has 0 aliphatic rings. The molecule has 0 rings (SSSR count). The van der Waals surface area contributed by atoms with Crippen LogP contribution in [0.5, 0.6) is 0 Å². The van der Waals surface area contributed by atoms with Gasteiger partial charge >= 0.3 is 0 Å². The van der Waals surface area contributed by atoms with Crippen molar-refractivity contribution >= 4 is 5.97 Å². The Labute approximate surface area is 132 Å². The molecule has 0 aromatic heterocycles. The normalized spacial score (nSPS) is 13.3. The minimum atomic E-state index is -0.858. The molecule has 0 aromatic carbocycles. The lowest BCUT2D eigenvalue weighted by Crippen LogP contribution is -2.61. The van der Waals surface area contributed by atoms with E-state index in [9.17, 15) is 9.90 Å². The van der Waals surface area contributed by atoms with Crippen molar-refractivity contribution in [2.75, 3.05) is 19.6 Å². The van der Waals surface area contributed by atoms with Gasteiger partial charge in [-0.15, -0.1) is 0 Å². The molecule has 0 radical (unpaired) electrons. The van der Waals surface area contributed by atoms with Crippen molar-refractivity contribution in [1.29, 1.82) is 0 Å². The van der Waals surface area contributed by atoms with Crippen LogP contribution < -0.4 is 5.11 Å². The standard InChI is InChI=1S/C18H37NO2/c1-5-9-10-11-12-13-14-15-16-17(18(20)21)19(6-2,7-3)8-4/h17H,5-16H2,1-4H3. The lowest BCUT2D eigenvalue weighted by atomic mass is 10.0. The number of carbonyl (C=O) groups excluding carboxylic acids is 1. The molecule has 1 unspecified atom stereocenters. The van der Waals surface area contributed by atoms with Crippen molar-refractivity contribution in [3.63, 3.8) is 0 Å². The van der Waals surface area contributed by atoms with E-state index in [-0.39, 0.29) is 6.04 Å². The Morgan fingerprint density at radius 3 is 1.62 bits per heavy atom. The first-order valence-electron chi connectivity index (χ1n) is 9.14. The van der Waals surface area contributed by atoms with Crippen LogP contribution in [-0.4, -0.2) is 36.1 Å². The first-order chi connectivity index (χ1) is 10.1. The van der Waals surface area contributed by atoms with Gasteiger partial charge in [0.1, 0.15) is 6.04 Å². The highest BCUT2D eigenvalue weighted by Gasteiger charge is 2.32. The maximum atomic E-state index is 11.5. The van der Waals surface area contributed by atoms with Gasteiger partial charge in [0.2, 0.25) is 0 Å². The highest BCUT2D eigenvalue weighted by molar-refractivity contribution is 5.69. The molecule has 126 valence electrons. The second-order valence-electron chi connectivity index (χ2n) is 6.27. The Bertz CT molecular complexity index is 254. The van der Waals surface area contributed by atoms with Gasteiger partial charge in [-0.25, -0.2) is 0 Å². The number of unbranched alkanes of at least 4 members (excludes halogenated alkanes) is 7. The summed E-state index contributed by atoms with van der Waals surface area (Å²) >= 11 is 0. The lowest BCUT2D eigenvalue weighted by molar-refractivity contribution is -0.940. The third-order valence-electron chi connectivity index (χ3n) is 5.15. The van der Waals surface area contributed by atoms with Gasteiger partial charge < -0.3 is 14.4 Å². The zero-order chi connectivity index (χ0) is 16.1. The smallest absolute Gasteiger partial charge is 0.129 e. The van der Waals surface area contributed by atoms with Crippen LogP contribution in [0.2, 0.25) is 0 Å². The fourth-order valence-corrected chi connectivity index (χ4v) is 3.42. The molecule has 0 saturated heterocycles. The van der Waals surface area contributed by atoms with Crippen LogP contribution in [0.4, 0.5) is 0 Å². The average Bonchev–Trinajstić information content (AvgIpc) is 2.49. The Kier molecular flexibility index (Phi) is 11.7. The third kappa shape index (κ3) is 7.30. The van der Waals surface area contributed by atoms with E-state index >= 15 is 0 Å². The van der Waals surface area contributed by atoms with Crippen molar-refractivity contribution < 1.29 is 14.4 Å². The van der Waals surface area contributed by atoms with E-state index in [0.29, 0.717) is 4.48 Å². The first kappa shape index (κ1) is 20.4. The number of carbonyl (C=O) groups is 1. The van der Waals surface area contributed by atoms with E-state index in [1.165, 1.54) is 38.5 Å². The fraction of sp³-hybridized carbons (Fsp3) is 0.944. The summed E-state index contributed by atoms with van der Waals surface area (Å²) < 4.78 is 0.666. The molecule has 0 saturated carbocycles. The van der Waals surface area contributed by atoms with Crippen molar-refractivity contribution in [2.24, 2.45) is 0 Å². The van der Waals surface area contributed by atoms with Crippen molar-refractivity contribution in [3.8, 4) is 0 Å². The van der Waals surface area contributed by atoms with Crippen LogP contribution in [0.1, 0.15) is 85.5 Å². The summed E-state index contributed by atoms with van der Waals surface area (Å²) in [4.78, 5) is 11.5. The van der Waals surface area contributed by atoms with Gasteiger partial charge in [0.25, 0.3) is 0 Å². The highest BCUT2D eigenvalue weighted by atomic mass is 16.4. The second-order valence-corrected chi connectivity index (χ2v) is 6.27. The molecule has 0 aromatic rings. The SMILES string of the molecule is CCCCCCCCCCC(C(=O)[O-])[N+](CC)(CC)CC. The maximum absolute atomic E-state index is 11.5. The number of quaternary nitrogens is 1. The molecule has 0 spiro atoms. The van der Waals surface area contributed by atoms with Gasteiger partial charge in [-0.2, -0.15) is 0 Å². The molecule has 0 heterocycles. The second kappa shape index (κ2) is 12.0. The van der Waals surface area contributed by atoms with Gasteiger partial charge in [0.15, 0.2) is 0 Å². The summed E-state index contributed by atoms with van der Waals surface area (Å²) in [7, 11) is 0. The van der Waals surface area contributed by atoms with Crippen LogP contribution in [0.15, 0.2) is 0 Å². The van der Waals surface area contributed by atoms with Gasteiger partial charge in [0, 0.05) is 6.42 Å². The number of likely N-dealkylation sites (N-methyl/N-ethyl adjacent to an activating group) is 1. The van der Waals surface area contributed by atoms with E-state index in [0.717, 1.165) is 38.9 Å². The summed E-state index contributed by atoms with van der Waals surface area (Å²) in [6, 6.07) is -0.329. The Balaban J connectivity index is 4.09. The van der Waals surface area contributed by atoms with Crippen LogP contribution >= 0.6 is 0 Å². The first-order valence-corrected chi connectivity index (χ1v) is 9.14. The molecule has 0 N–H and O–H groups in total. The van der Waals surface area contributed by atoms with Gasteiger partial charge in [-0.1, -0.05) is 51.9 Å². The number of carboxylic acid groups (broad SMARTS) is 1. The van der Waals surface area contributed by atoms with Crippen molar-refractivity contribution in [3.05, 3.63) is 0 Å². The zero-order valence-electron chi connectivity index (χ0n) is 14.8. The number of hydrogen-bond acceptors (Lipinski definition) is 2. The molecular weight excluding hydrogens is 262 g/mol. The van der Waals surface area contributed by atoms with Gasteiger partial charge in [-0.05, 0) is 27.2 Å². The third-order valence-corrected chi connectivity index (χ3v) is 5.15. The topological polar surface area (TPSA) is 40.1 Å². The fourth-order valence-electron chi connectivity index (χ4n) is 3.42. The zero-order valence-corrected chi connectivity index (χ0v) is 14.8. The molecule has 21 heavy (non-hydrogen) atoms. The highest BCUT2D eigenvalue weighted by Crippen LogP contribution is 2.19. The Hall–Kier alpha value is -0.570. The monoisotopic (exact) mass is 299 g/mol. The molecule has 0 aliphatic carbocycles. The number of hydrogen-bond donors (Lipinski definition) is 0. The summed E-state index contributed by atoms with van der Waals surface area (Å²) in [5, 5.41) is 11.5. The molecule has 3 heteroatoms.